The van der Waals surface area contributed by atoms with Crippen molar-refractivity contribution >= 4 is 17.2 Å². The predicted molar refractivity (Wildman–Crippen MR) is 89.7 cm³/mol. The lowest BCUT2D eigenvalue weighted by Crippen LogP contribution is -2.20. The van der Waals surface area contributed by atoms with Crippen molar-refractivity contribution in [2.75, 3.05) is 0 Å². The zero-order valence-corrected chi connectivity index (χ0v) is 12.9. The Bertz CT molecular complexity index is 699. The summed E-state index contributed by atoms with van der Waals surface area (Å²) in [6, 6.07) is 15.2. The molecule has 1 spiro atoms. The van der Waals surface area contributed by atoms with Crippen molar-refractivity contribution in [2.45, 2.75) is 32.1 Å². The van der Waals surface area contributed by atoms with E-state index in [1.807, 2.05) is 6.07 Å². The minimum Gasteiger partial charge on any atom is -0.0946 e. The lowest BCUT2D eigenvalue weighted by molar-refractivity contribution is 0.360. The molecule has 21 heavy (non-hydrogen) atoms. The van der Waals surface area contributed by atoms with Gasteiger partial charge in [0.2, 0.25) is 0 Å². The second-order valence-corrected chi connectivity index (χ2v) is 6.94. The van der Waals surface area contributed by atoms with Crippen molar-refractivity contribution < 1.29 is 0 Å². The van der Waals surface area contributed by atoms with Crippen LogP contribution in [0.2, 0.25) is 5.02 Å². The molecule has 2 aliphatic carbocycles. The first kappa shape index (κ1) is 13.2. The first-order chi connectivity index (χ1) is 10.2. The maximum Gasteiger partial charge on any atom is 0.0412 e. The Labute approximate surface area is 131 Å². The van der Waals surface area contributed by atoms with E-state index in [4.69, 9.17) is 11.6 Å². The molecule has 0 radical (unpaired) electrons. The Hall–Kier alpha value is -1.53. The van der Waals surface area contributed by atoms with Crippen LogP contribution in [0.4, 0.5) is 0 Å². The molecule has 0 amide bonds. The minimum absolute atomic E-state index is 0.242. The number of halogens is 1. The van der Waals surface area contributed by atoms with E-state index in [0.29, 0.717) is 0 Å². The monoisotopic (exact) mass is 294 g/mol. The van der Waals surface area contributed by atoms with E-state index in [-0.39, 0.29) is 5.41 Å². The van der Waals surface area contributed by atoms with Crippen molar-refractivity contribution in [3.63, 3.8) is 0 Å². The van der Waals surface area contributed by atoms with Crippen LogP contribution in [-0.4, -0.2) is 0 Å². The SMILES string of the molecule is C=C1c2cc(Cl)ccc2CC12CCc1ccccc1CC2. The van der Waals surface area contributed by atoms with Gasteiger partial charge >= 0.3 is 0 Å². The predicted octanol–water partition coefficient (Wildman–Crippen LogP) is 5.47. The minimum atomic E-state index is 0.242. The Balaban J connectivity index is 1.70. The molecule has 0 fully saturated rings. The molecule has 0 nitrogen and oxygen atoms in total. The average molecular weight is 295 g/mol. The highest BCUT2D eigenvalue weighted by Gasteiger charge is 2.41. The largest absolute Gasteiger partial charge is 0.0946 e. The number of aryl methyl sites for hydroxylation is 2. The zero-order chi connectivity index (χ0) is 14.4. The maximum absolute atomic E-state index is 6.18. The molecule has 0 bridgehead atoms. The first-order valence-electron chi connectivity index (χ1n) is 7.73. The Morgan fingerprint density at radius 3 is 2.24 bits per heavy atom. The van der Waals surface area contributed by atoms with E-state index >= 15 is 0 Å². The van der Waals surface area contributed by atoms with Gasteiger partial charge in [0.05, 0.1) is 0 Å². The molecular formula is C20H19Cl. The highest BCUT2D eigenvalue weighted by Crippen LogP contribution is 2.53. The Morgan fingerprint density at radius 1 is 0.905 bits per heavy atom. The van der Waals surface area contributed by atoms with Gasteiger partial charge in [0.25, 0.3) is 0 Å². The van der Waals surface area contributed by atoms with Crippen molar-refractivity contribution in [2.24, 2.45) is 5.41 Å². The molecule has 0 heterocycles. The molecule has 2 aromatic rings. The summed E-state index contributed by atoms with van der Waals surface area (Å²) in [5.41, 5.74) is 7.33. The summed E-state index contributed by atoms with van der Waals surface area (Å²) in [4.78, 5) is 0. The molecule has 0 aliphatic heterocycles. The normalized spacial score (nSPS) is 19.2. The molecule has 0 atom stereocenters. The van der Waals surface area contributed by atoms with Crippen LogP contribution >= 0.6 is 11.6 Å². The maximum atomic E-state index is 6.18. The highest BCUT2D eigenvalue weighted by atomic mass is 35.5. The van der Waals surface area contributed by atoms with Crippen LogP contribution in [-0.2, 0) is 19.3 Å². The van der Waals surface area contributed by atoms with Gasteiger partial charge in [-0.25, -0.2) is 0 Å². The molecule has 0 aromatic heterocycles. The third-order valence-corrected chi connectivity index (χ3v) is 5.67. The summed E-state index contributed by atoms with van der Waals surface area (Å²) < 4.78 is 0. The van der Waals surface area contributed by atoms with Crippen molar-refractivity contribution in [1.82, 2.24) is 0 Å². The van der Waals surface area contributed by atoms with Crippen LogP contribution in [0, 0.1) is 5.41 Å². The van der Waals surface area contributed by atoms with Crippen LogP contribution in [0.15, 0.2) is 49.0 Å². The van der Waals surface area contributed by atoms with Crippen LogP contribution in [0.25, 0.3) is 5.57 Å². The Morgan fingerprint density at radius 2 is 1.57 bits per heavy atom. The molecule has 2 aliphatic rings. The highest BCUT2D eigenvalue weighted by molar-refractivity contribution is 6.30. The molecule has 0 N–H and O–H groups in total. The van der Waals surface area contributed by atoms with Crippen molar-refractivity contribution in [3.05, 3.63) is 76.3 Å². The lowest BCUT2D eigenvalue weighted by atomic mass is 9.74. The van der Waals surface area contributed by atoms with E-state index in [1.165, 1.54) is 40.7 Å². The van der Waals surface area contributed by atoms with Crippen molar-refractivity contribution in [1.29, 1.82) is 0 Å². The van der Waals surface area contributed by atoms with Crippen molar-refractivity contribution in [3.8, 4) is 0 Å². The van der Waals surface area contributed by atoms with Crippen LogP contribution < -0.4 is 0 Å². The van der Waals surface area contributed by atoms with Gasteiger partial charge in [-0.05, 0) is 72.1 Å². The molecule has 4 rings (SSSR count). The van der Waals surface area contributed by atoms with Gasteiger partial charge in [-0.3, -0.25) is 0 Å². The number of hydrogen-bond donors (Lipinski definition) is 0. The lowest BCUT2D eigenvalue weighted by Gasteiger charge is -2.29. The fourth-order valence-corrected chi connectivity index (χ4v) is 4.31. The van der Waals surface area contributed by atoms with E-state index in [2.05, 4.69) is 43.0 Å². The van der Waals surface area contributed by atoms with Gasteiger partial charge in [-0.2, -0.15) is 0 Å². The van der Waals surface area contributed by atoms with E-state index < -0.39 is 0 Å². The number of fused-ring (bicyclic) bond motifs is 2. The zero-order valence-electron chi connectivity index (χ0n) is 12.2. The summed E-state index contributed by atoms with van der Waals surface area (Å²) in [5, 5.41) is 0.823. The summed E-state index contributed by atoms with van der Waals surface area (Å²) in [5.74, 6) is 0. The van der Waals surface area contributed by atoms with E-state index in [0.717, 1.165) is 24.3 Å². The third-order valence-electron chi connectivity index (χ3n) is 5.43. The van der Waals surface area contributed by atoms with Gasteiger partial charge in [0.15, 0.2) is 0 Å². The Kier molecular flexibility index (Phi) is 2.97. The molecular weight excluding hydrogens is 276 g/mol. The van der Waals surface area contributed by atoms with Gasteiger partial charge in [0, 0.05) is 10.4 Å². The number of rotatable bonds is 0. The van der Waals surface area contributed by atoms with Gasteiger partial charge in [0.1, 0.15) is 0 Å². The standard InChI is InChI=1S/C20H19Cl/c1-14-19-12-18(21)7-6-17(19)13-20(14)10-8-15-4-2-3-5-16(15)9-11-20/h2-7,12H,1,8-11,13H2. The summed E-state index contributed by atoms with van der Waals surface area (Å²) in [6.07, 6.45) is 5.87. The second kappa shape index (κ2) is 4.74. The fourth-order valence-electron chi connectivity index (χ4n) is 4.14. The molecule has 0 saturated heterocycles. The fraction of sp³-hybridized carbons (Fsp3) is 0.300. The summed E-state index contributed by atoms with van der Waals surface area (Å²) in [6.45, 7) is 4.46. The molecule has 0 saturated carbocycles. The molecule has 106 valence electrons. The topological polar surface area (TPSA) is 0 Å². The van der Waals surface area contributed by atoms with Crippen LogP contribution in [0.5, 0.6) is 0 Å². The number of allylic oxidation sites excluding steroid dienone is 1. The molecule has 2 aromatic carbocycles. The molecule has 0 unspecified atom stereocenters. The van der Waals surface area contributed by atoms with Crippen LogP contribution in [0.3, 0.4) is 0 Å². The second-order valence-electron chi connectivity index (χ2n) is 6.51. The van der Waals surface area contributed by atoms with Gasteiger partial charge < -0.3 is 0 Å². The smallest absolute Gasteiger partial charge is 0.0412 e. The van der Waals surface area contributed by atoms with Gasteiger partial charge in [-0.1, -0.05) is 48.5 Å². The first-order valence-corrected chi connectivity index (χ1v) is 8.11. The van der Waals surface area contributed by atoms with E-state index in [1.54, 1.807) is 0 Å². The number of hydrogen-bond acceptors (Lipinski definition) is 0. The summed E-state index contributed by atoms with van der Waals surface area (Å²) >= 11 is 6.18. The average Bonchev–Trinajstić information content (AvgIpc) is 2.66. The quantitative estimate of drug-likeness (QED) is 0.604. The third kappa shape index (κ3) is 2.05. The number of benzene rings is 2. The summed E-state index contributed by atoms with van der Waals surface area (Å²) in [7, 11) is 0. The van der Waals surface area contributed by atoms with Gasteiger partial charge in [-0.15, -0.1) is 0 Å². The van der Waals surface area contributed by atoms with Crippen LogP contribution in [0.1, 0.15) is 35.1 Å². The van der Waals surface area contributed by atoms with E-state index in [9.17, 15) is 0 Å². The molecule has 1 heteroatoms.